The van der Waals surface area contributed by atoms with Crippen molar-refractivity contribution in [2.45, 2.75) is 19.9 Å². The van der Waals surface area contributed by atoms with E-state index in [1.54, 1.807) is 25.1 Å². The van der Waals surface area contributed by atoms with Gasteiger partial charge in [0.15, 0.2) is 11.5 Å². The summed E-state index contributed by atoms with van der Waals surface area (Å²) in [6.45, 7) is 3.84. The number of amides is 1. The number of nitro groups is 1. The Morgan fingerprint density at radius 3 is 2.47 bits per heavy atom. The molecule has 1 aliphatic rings. The van der Waals surface area contributed by atoms with Crippen LogP contribution in [0.15, 0.2) is 36.4 Å². The van der Waals surface area contributed by atoms with Crippen molar-refractivity contribution in [3.05, 3.63) is 52.1 Å². The summed E-state index contributed by atoms with van der Waals surface area (Å²) < 4.78 is 36.8. The van der Waals surface area contributed by atoms with Crippen LogP contribution in [-0.4, -0.2) is 44.8 Å². The molecule has 0 saturated heterocycles. The number of anilines is 2. The van der Waals surface area contributed by atoms with E-state index in [0.717, 1.165) is 16.6 Å². The van der Waals surface area contributed by atoms with Gasteiger partial charge in [-0.3, -0.25) is 19.2 Å². The minimum Gasteiger partial charge on any atom is -0.486 e. The van der Waals surface area contributed by atoms with Gasteiger partial charge in [0.2, 0.25) is 15.9 Å². The maximum atomic E-state index is 12.8. The number of non-ortho nitro benzene ring substituents is 1. The Bertz CT molecular complexity index is 1100. The van der Waals surface area contributed by atoms with E-state index in [1.807, 2.05) is 0 Å². The predicted molar refractivity (Wildman–Crippen MR) is 111 cm³/mol. The molecule has 2 aromatic rings. The van der Waals surface area contributed by atoms with Gasteiger partial charge in [-0.05, 0) is 31.5 Å². The Hall–Kier alpha value is -3.34. The molecule has 0 radical (unpaired) electrons. The number of nitrogens with one attached hydrogen (secondary N) is 1. The Morgan fingerprint density at radius 2 is 1.83 bits per heavy atom. The molecular weight excluding hydrogens is 414 g/mol. The van der Waals surface area contributed by atoms with Crippen molar-refractivity contribution in [2.75, 3.05) is 29.1 Å². The van der Waals surface area contributed by atoms with Gasteiger partial charge in [0.25, 0.3) is 5.69 Å². The second kappa shape index (κ2) is 8.19. The summed E-state index contributed by atoms with van der Waals surface area (Å²) in [5.41, 5.74) is 0.672. The van der Waals surface area contributed by atoms with Gasteiger partial charge in [-0.15, -0.1) is 0 Å². The number of sulfonamides is 1. The molecule has 1 heterocycles. The Morgan fingerprint density at radius 1 is 1.17 bits per heavy atom. The molecule has 0 aliphatic carbocycles. The first-order valence-corrected chi connectivity index (χ1v) is 10.9. The SMILES string of the molecule is Cc1ccc([N+](=O)[O-])cc1N([C@H](C)C(=O)Nc1ccc2c(c1)OCCO2)S(C)(=O)=O. The fourth-order valence-corrected chi connectivity index (χ4v) is 4.32. The highest BCUT2D eigenvalue weighted by molar-refractivity contribution is 7.92. The first-order valence-electron chi connectivity index (χ1n) is 9.03. The van der Waals surface area contributed by atoms with Crippen molar-refractivity contribution < 1.29 is 27.6 Å². The molecule has 10 nitrogen and oxygen atoms in total. The van der Waals surface area contributed by atoms with E-state index in [0.29, 0.717) is 36.0 Å². The van der Waals surface area contributed by atoms with Crippen LogP contribution in [0.2, 0.25) is 0 Å². The van der Waals surface area contributed by atoms with E-state index in [1.165, 1.54) is 19.1 Å². The van der Waals surface area contributed by atoms with Gasteiger partial charge in [-0.1, -0.05) is 6.07 Å². The van der Waals surface area contributed by atoms with Crippen LogP contribution in [0, 0.1) is 17.0 Å². The number of benzene rings is 2. The molecule has 1 aliphatic heterocycles. The Kier molecular flexibility index (Phi) is 5.83. The van der Waals surface area contributed by atoms with E-state index < -0.39 is 26.9 Å². The molecule has 0 spiro atoms. The minimum absolute atomic E-state index is 0.0662. The van der Waals surface area contributed by atoms with E-state index in [2.05, 4.69) is 5.32 Å². The number of nitrogens with zero attached hydrogens (tertiary/aromatic N) is 2. The highest BCUT2D eigenvalue weighted by atomic mass is 32.2. The van der Waals surface area contributed by atoms with E-state index in [4.69, 9.17) is 9.47 Å². The van der Waals surface area contributed by atoms with Crippen LogP contribution in [0.1, 0.15) is 12.5 Å². The number of ether oxygens (including phenoxy) is 2. The lowest BCUT2D eigenvalue weighted by Crippen LogP contribution is -2.45. The van der Waals surface area contributed by atoms with Crippen molar-refractivity contribution in [1.29, 1.82) is 0 Å². The molecule has 0 bridgehead atoms. The summed E-state index contributed by atoms with van der Waals surface area (Å²) in [5.74, 6) is 0.418. The molecule has 30 heavy (non-hydrogen) atoms. The number of fused-ring (bicyclic) bond motifs is 1. The van der Waals surface area contributed by atoms with Crippen LogP contribution < -0.4 is 19.1 Å². The lowest BCUT2D eigenvalue weighted by Gasteiger charge is -2.29. The predicted octanol–water partition coefficient (Wildman–Crippen LogP) is 2.47. The zero-order chi connectivity index (χ0) is 22.1. The van der Waals surface area contributed by atoms with Gasteiger partial charge in [0, 0.05) is 23.9 Å². The van der Waals surface area contributed by atoms with Crippen LogP contribution >= 0.6 is 0 Å². The molecule has 1 N–H and O–H groups in total. The highest BCUT2D eigenvalue weighted by Crippen LogP contribution is 2.33. The topological polar surface area (TPSA) is 128 Å². The number of carbonyl (C=O) groups excluding carboxylic acids is 1. The molecule has 160 valence electrons. The average molecular weight is 435 g/mol. The average Bonchev–Trinajstić information content (AvgIpc) is 2.68. The largest absolute Gasteiger partial charge is 0.486 e. The fourth-order valence-electron chi connectivity index (χ4n) is 3.10. The van der Waals surface area contributed by atoms with Gasteiger partial charge in [0.1, 0.15) is 19.3 Å². The van der Waals surface area contributed by atoms with E-state index in [-0.39, 0.29) is 11.4 Å². The molecule has 0 unspecified atom stereocenters. The van der Waals surface area contributed by atoms with Crippen LogP contribution in [0.5, 0.6) is 11.5 Å². The Balaban J connectivity index is 1.91. The molecule has 0 saturated carbocycles. The summed E-state index contributed by atoms with van der Waals surface area (Å²) in [6, 6.07) is 7.53. The fraction of sp³-hybridized carbons (Fsp3) is 0.316. The molecule has 1 atom stereocenters. The zero-order valence-electron chi connectivity index (χ0n) is 16.6. The van der Waals surface area contributed by atoms with E-state index >= 15 is 0 Å². The van der Waals surface area contributed by atoms with Crippen molar-refractivity contribution in [3.8, 4) is 11.5 Å². The molecule has 1 amide bonds. The van der Waals surface area contributed by atoms with Gasteiger partial charge >= 0.3 is 0 Å². The lowest BCUT2D eigenvalue weighted by atomic mass is 10.1. The second-order valence-corrected chi connectivity index (χ2v) is 8.67. The lowest BCUT2D eigenvalue weighted by molar-refractivity contribution is -0.384. The van der Waals surface area contributed by atoms with Crippen LogP contribution in [0.4, 0.5) is 17.1 Å². The van der Waals surface area contributed by atoms with Crippen molar-refractivity contribution in [1.82, 2.24) is 0 Å². The van der Waals surface area contributed by atoms with Gasteiger partial charge in [-0.2, -0.15) is 0 Å². The second-order valence-electron chi connectivity index (χ2n) is 6.81. The normalized spacial score (nSPS) is 14.0. The molecular formula is C19H21N3O7S. The Labute approximate surface area is 173 Å². The molecule has 0 aromatic heterocycles. The molecule has 2 aromatic carbocycles. The van der Waals surface area contributed by atoms with Crippen LogP contribution in [0.3, 0.4) is 0 Å². The van der Waals surface area contributed by atoms with Crippen LogP contribution in [0.25, 0.3) is 0 Å². The number of carbonyl (C=O) groups is 1. The third kappa shape index (κ3) is 4.46. The van der Waals surface area contributed by atoms with Gasteiger partial charge in [-0.25, -0.2) is 8.42 Å². The molecule has 3 rings (SSSR count). The summed E-state index contributed by atoms with van der Waals surface area (Å²) in [4.78, 5) is 23.4. The maximum absolute atomic E-state index is 12.8. The third-order valence-electron chi connectivity index (χ3n) is 4.54. The maximum Gasteiger partial charge on any atom is 0.271 e. The van der Waals surface area contributed by atoms with E-state index in [9.17, 15) is 23.3 Å². The number of aryl methyl sites for hydroxylation is 1. The quantitative estimate of drug-likeness (QED) is 0.545. The smallest absolute Gasteiger partial charge is 0.271 e. The van der Waals surface area contributed by atoms with Crippen LogP contribution in [-0.2, 0) is 14.8 Å². The van der Waals surface area contributed by atoms with Gasteiger partial charge < -0.3 is 14.8 Å². The number of rotatable bonds is 6. The van der Waals surface area contributed by atoms with Gasteiger partial charge in [0.05, 0.1) is 16.9 Å². The summed E-state index contributed by atoms with van der Waals surface area (Å²) in [6.07, 6.45) is 0.944. The number of nitro benzene ring substituents is 1. The third-order valence-corrected chi connectivity index (χ3v) is 5.77. The monoisotopic (exact) mass is 435 g/mol. The highest BCUT2D eigenvalue weighted by Gasteiger charge is 2.31. The molecule has 0 fully saturated rings. The molecule has 11 heteroatoms. The summed E-state index contributed by atoms with van der Waals surface area (Å²) in [5, 5.41) is 13.8. The van der Waals surface area contributed by atoms with Crippen molar-refractivity contribution in [3.63, 3.8) is 0 Å². The van der Waals surface area contributed by atoms with Crippen molar-refractivity contribution >= 4 is 33.0 Å². The number of hydrogen-bond acceptors (Lipinski definition) is 7. The first-order chi connectivity index (χ1) is 14.1. The standard InChI is InChI=1S/C19H21N3O7S/c1-12-4-6-15(22(24)25)11-16(12)21(30(3,26)27)13(2)19(23)20-14-5-7-17-18(10-14)29-9-8-28-17/h4-7,10-11,13H,8-9H2,1-3H3,(H,20,23)/t13-/m1/s1. The first kappa shape index (κ1) is 21.4. The summed E-state index contributed by atoms with van der Waals surface area (Å²) >= 11 is 0. The minimum atomic E-state index is -3.93. The zero-order valence-corrected chi connectivity index (χ0v) is 17.4. The number of hydrogen-bond donors (Lipinski definition) is 1. The summed E-state index contributed by atoms with van der Waals surface area (Å²) in [7, 11) is -3.93. The van der Waals surface area contributed by atoms with Crippen molar-refractivity contribution in [2.24, 2.45) is 0 Å².